The van der Waals surface area contributed by atoms with Gasteiger partial charge in [0, 0.05) is 0 Å². The predicted molar refractivity (Wildman–Crippen MR) is 58.0 cm³/mol. The van der Waals surface area contributed by atoms with E-state index in [2.05, 4.69) is 0 Å². The van der Waals surface area contributed by atoms with Gasteiger partial charge in [-0.15, -0.1) is 0 Å². The van der Waals surface area contributed by atoms with Crippen LogP contribution in [0.4, 0.5) is 0 Å². The van der Waals surface area contributed by atoms with Gasteiger partial charge in [-0.3, -0.25) is 14.4 Å². The minimum Gasteiger partial charge on any atom is -0.298 e. The second-order valence-corrected chi connectivity index (χ2v) is 3.94. The van der Waals surface area contributed by atoms with Crippen molar-refractivity contribution in [1.29, 1.82) is 0 Å². The van der Waals surface area contributed by atoms with Gasteiger partial charge in [0.15, 0.2) is 5.78 Å². The molecule has 0 heterocycles. The lowest BCUT2D eigenvalue weighted by Gasteiger charge is -2.06. The molecular formula is C13H12O3. The fourth-order valence-electron chi connectivity index (χ4n) is 2.12. The van der Waals surface area contributed by atoms with Crippen LogP contribution in [0.2, 0.25) is 0 Å². The SMILES string of the molecule is CC[C@H]1C(=O)C(=O)[C@H](c2ccccc2)C1=O. The van der Waals surface area contributed by atoms with E-state index in [0.29, 0.717) is 12.0 Å². The molecule has 0 spiro atoms. The van der Waals surface area contributed by atoms with Crippen LogP contribution >= 0.6 is 0 Å². The normalized spacial score (nSPS) is 25.2. The monoisotopic (exact) mass is 216 g/mol. The highest BCUT2D eigenvalue weighted by Crippen LogP contribution is 2.31. The third-order valence-corrected chi connectivity index (χ3v) is 2.99. The first-order valence-electron chi connectivity index (χ1n) is 5.33. The van der Waals surface area contributed by atoms with E-state index in [1.165, 1.54) is 0 Å². The van der Waals surface area contributed by atoms with E-state index in [-0.39, 0.29) is 5.78 Å². The van der Waals surface area contributed by atoms with Crippen molar-refractivity contribution >= 4 is 17.3 Å². The summed E-state index contributed by atoms with van der Waals surface area (Å²) in [6.45, 7) is 1.75. The number of carbonyl (C=O) groups is 3. The van der Waals surface area contributed by atoms with Gasteiger partial charge in [0.05, 0.1) is 5.92 Å². The zero-order valence-corrected chi connectivity index (χ0v) is 8.97. The summed E-state index contributed by atoms with van der Waals surface area (Å²) in [6, 6.07) is 8.77. The van der Waals surface area contributed by atoms with Gasteiger partial charge < -0.3 is 0 Å². The van der Waals surface area contributed by atoms with Gasteiger partial charge in [-0.05, 0) is 12.0 Å². The summed E-state index contributed by atoms with van der Waals surface area (Å²) in [4.78, 5) is 35.2. The molecule has 2 rings (SSSR count). The standard InChI is InChI=1S/C13H12O3/c1-2-9-11(14)10(13(16)12(9)15)8-6-4-3-5-7-8/h3-7,9-10H,2H2,1H3/t9-,10-/m1/s1. The maximum Gasteiger partial charge on any atom is 0.214 e. The highest BCUT2D eigenvalue weighted by Gasteiger charge is 2.48. The Morgan fingerprint density at radius 3 is 2.12 bits per heavy atom. The van der Waals surface area contributed by atoms with Crippen molar-refractivity contribution < 1.29 is 14.4 Å². The molecule has 82 valence electrons. The molecule has 1 fully saturated rings. The van der Waals surface area contributed by atoms with Crippen molar-refractivity contribution in [3.8, 4) is 0 Å². The Hall–Kier alpha value is -1.77. The van der Waals surface area contributed by atoms with Crippen LogP contribution in [0.25, 0.3) is 0 Å². The number of rotatable bonds is 2. The lowest BCUT2D eigenvalue weighted by Crippen LogP contribution is -2.15. The molecular weight excluding hydrogens is 204 g/mol. The highest BCUT2D eigenvalue weighted by molar-refractivity contribution is 6.52. The van der Waals surface area contributed by atoms with Crippen LogP contribution in [0.1, 0.15) is 24.8 Å². The van der Waals surface area contributed by atoms with Crippen LogP contribution in [0.5, 0.6) is 0 Å². The quantitative estimate of drug-likeness (QED) is 0.556. The van der Waals surface area contributed by atoms with E-state index in [9.17, 15) is 14.4 Å². The maximum atomic E-state index is 11.9. The molecule has 16 heavy (non-hydrogen) atoms. The highest BCUT2D eigenvalue weighted by atomic mass is 16.2. The largest absolute Gasteiger partial charge is 0.298 e. The van der Waals surface area contributed by atoms with Gasteiger partial charge in [-0.25, -0.2) is 0 Å². The summed E-state index contributed by atoms with van der Waals surface area (Å²) in [5.74, 6) is -2.91. The zero-order chi connectivity index (χ0) is 11.7. The summed E-state index contributed by atoms with van der Waals surface area (Å²) < 4.78 is 0. The van der Waals surface area contributed by atoms with Gasteiger partial charge in [0.1, 0.15) is 5.92 Å². The zero-order valence-electron chi connectivity index (χ0n) is 8.97. The van der Waals surface area contributed by atoms with Gasteiger partial charge in [-0.1, -0.05) is 37.3 Å². The first kappa shape index (κ1) is 10.7. The van der Waals surface area contributed by atoms with Crippen LogP contribution < -0.4 is 0 Å². The van der Waals surface area contributed by atoms with Gasteiger partial charge in [0.25, 0.3) is 0 Å². The summed E-state index contributed by atoms with van der Waals surface area (Å²) in [6.07, 6.45) is 0.409. The Kier molecular flexibility index (Phi) is 2.69. The molecule has 0 N–H and O–H groups in total. The fourth-order valence-corrected chi connectivity index (χ4v) is 2.12. The fraction of sp³-hybridized carbons (Fsp3) is 0.308. The number of carbonyl (C=O) groups excluding carboxylic acids is 3. The molecule has 3 nitrogen and oxygen atoms in total. The average Bonchev–Trinajstić information content (AvgIpc) is 2.51. The van der Waals surface area contributed by atoms with Gasteiger partial charge >= 0.3 is 0 Å². The Morgan fingerprint density at radius 1 is 1.00 bits per heavy atom. The molecule has 1 aromatic rings. The van der Waals surface area contributed by atoms with Crippen molar-refractivity contribution in [1.82, 2.24) is 0 Å². The van der Waals surface area contributed by atoms with Gasteiger partial charge in [-0.2, -0.15) is 0 Å². The van der Waals surface area contributed by atoms with Crippen molar-refractivity contribution in [2.45, 2.75) is 19.3 Å². The molecule has 2 atom stereocenters. The lowest BCUT2D eigenvalue weighted by molar-refractivity contribution is -0.136. The molecule has 3 heteroatoms. The van der Waals surface area contributed by atoms with Crippen molar-refractivity contribution in [3.05, 3.63) is 35.9 Å². The lowest BCUT2D eigenvalue weighted by atomic mass is 9.94. The van der Waals surface area contributed by atoms with Crippen molar-refractivity contribution in [3.63, 3.8) is 0 Å². The van der Waals surface area contributed by atoms with Crippen LogP contribution in [0.3, 0.4) is 0 Å². The first-order chi connectivity index (χ1) is 7.66. The molecule has 0 aliphatic heterocycles. The van der Waals surface area contributed by atoms with Crippen LogP contribution in [-0.4, -0.2) is 17.3 Å². The van der Waals surface area contributed by atoms with E-state index in [0.717, 1.165) is 0 Å². The second kappa shape index (κ2) is 4.00. The molecule has 1 aliphatic carbocycles. The van der Waals surface area contributed by atoms with E-state index in [4.69, 9.17) is 0 Å². The first-order valence-corrected chi connectivity index (χ1v) is 5.33. The average molecular weight is 216 g/mol. The smallest absolute Gasteiger partial charge is 0.214 e. The second-order valence-electron chi connectivity index (χ2n) is 3.94. The van der Waals surface area contributed by atoms with Crippen LogP contribution in [-0.2, 0) is 14.4 Å². The number of ketones is 3. The summed E-state index contributed by atoms with van der Waals surface area (Å²) in [7, 11) is 0. The third kappa shape index (κ3) is 1.48. The van der Waals surface area contributed by atoms with E-state index < -0.39 is 23.4 Å². The molecule has 1 aromatic carbocycles. The van der Waals surface area contributed by atoms with Crippen LogP contribution in [0, 0.1) is 5.92 Å². The Balaban J connectivity index is 2.41. The molecule has 1 saturated carbocycles. The number of benzene rings is 1. The summed E-state index contributed by atoms with van der Waals surface area (Å²) in [5, 5.41) is 0. The molecule has 0 amide bonds. The number of hydrogen-bond acceptors (Lipinski definition) is 3. The number of hydrogen-bond donors (Lipinski definition) is 0. The summed E-state index contributed by atoms with van der Waals surface area (Å²) >= 11 is 0. The predicted octanol–water partition coefficient (Wildman–Crippen LogP) is 1.52. The minimum absolute atomic E-state index is 0.247. The molecule has 0 saturated heterocycles. The Bertz CT molecular complexity index is 448. The molecule has 0 radical (unpaired) electrons. The minimum atomic E-state index is -0.862. The Labute approximate surface area is 93.5 Å². The van der Waals surface area contributed by atoms with E-state index >= 15 is 0 Å². The van der Waals surface area contributed by atoms with Crippen LogP contribution in [0.15, 0.2) is 30.3 Å². The summed E-state index contributed by atoms with van der Waals surface area (Å²) in [5.41, 5.74) is 0.627. The van der Waals surface area contributed by atoms with Gasteiger partial charge in [0.2, 0.25) is 11.6 Å². The maximum absolute atomic E-state index is 11.9. The molecule has 0 bridgehead atoms. The third-order valence-electron chi connectivity index (χ3n) is 2.99. The van der Waals surface area contributed by atoms with E-state index in [1.807, 2.05) is 6.07 Å². The topological polar surface area (TPSA) is 51.2 Å². The van der Waals surface area contributed by atoms with E-state index in [1.54, 1.807) is 31.2 Å². The number of Topliss-reactive ketones (excluding diaryl/α,β-unsaturated/α-hetero) is 3. The molecule has 0 unspecified atom stereocenters. The molecule has 0 aromatic heterocycles. The van der Waals surface area contributed by atoms with Crippen molar-refractivity contribution in [2.24, 2.45) is 5.92 Å². The van der Waals surface area contributed by atoms with Crippen molar-refractivity contribution in [2.75, 3.05) is 0 Å². The molecule has 1 aliphatic rings. The Morgan fingerprint density at radius 2 is 1.62 bits per heavy atom.